The van der Waals surface area contributed by atoms with E-state index in [1.54, 1.807) is 0 Å². The first kappa shape index (κ1) is 34.4. The van der Waals surface area contributed by atoms with E-state index in [4.69, 9.17) is 0 Å². The van der Waals surface area contributed by atoms with Gasteiger partial charge in [-0.25, -0.2) is 4.79 Å². The zero-order chi connectivity index (χ0) is 37.6. The average Bonchev–Trinajstić information content (AvgIpc) is 3.48. The number of anilines is 2. The molecule has 1 saturated carbocycles. The van der Waals surface area contributed by atoms with E-state index in [9.17, 15) is 14.4 Å². The Bertz CT molecular complexity index is 2290. The molecular weight excluding hydrogens is 657 g/mol. The van der Waals surface area contributed by atoms with Gasteiger partial charge in [0.25, 0.3) is 11.8 Å². The van der Waals surface area contributed by atoms with Crippen LogP contribution in [0.4, 0.5) is 16.2 Å². The fourth-order valence-electron chi connectivity index (χ4n) is 9.37. The van der Waals surface area contributed by atoms with Gasteiger partial charge in [-0.3, -0.25) is 19.4 Å². The molecule has 3 heterocycles. The molecule has 0 bridgehead atoms. The molecule has 53 heavy (non-hydrogen) atoms. The molecular formula is C46H46N4O3. The molecule has 1 aliphatic carbocycles. The highest BCUT2D eigenvalue weighted by Gasteiger charge is 2.43. The van der Waals surface area contributed by atoms with Gasteiger partial charge in [0.05, 0.1) is 0 Å². The minimum absolute atomic E-state index is 0.0465. The molecule has 4 aromatic rings. The van der Waals surface area contributed by atoms with Gasteiger partial charge in [0, 0.05) is 61.8 Å². The van der Waals surface area contributed by atoms with E-state index < -0.39 is 17.8 Å². The summed E-state index contributed by atoms with van der Waals surface area (Å²) < 4.78 is 0. The third-order valence-corrected chi connectivity index (χ3v) is 12.1. The highest BCUT2D eigenvalue weighted by atomic mass is 16.2. The molecule has 0 unspecified atom stereocenters. The predicted octanol–water partition coefficient (Wildman–Crippen LogP) is 9.30. The molecule has 4 aromatic carbocycles. The molecule has 1 saturated heterocycles. The number of urea groups is 1. The van der Waals surface area contributed by atoms with E-state index in [1.165, 1.54) is 58.1 Å². The number of amides is 4. The van der Waals surface area contributed by atoms with E-state index in [0.29, 0.717) is 18.4 Å². The van der Waals surface area contributed by atoms with Gasteiger partial charge < -0.3 is 9.80 Å². The van der Waals surface area contributed by atoms with Gasteiger partial charge in [-0.2, -0.15) is 0 Å². The highest BCUT2D eigenvalue weighted by molar-refractivity contribution is 6.29. The predicted molar refractivity (Wildman–Crippen MR) is 215 cm³/mol. The second-order valence-electron chi connectivity index (χ2n) is 15.8. The van der Waals surface area contributed by atoms with Gasteiger partial charge in [-0.1, -0.05) is 101 Å². The monoisotopic (exact) mass is 702 g/mol. The Morgan fingerprint density at radius 1 is 0.509 bits per heavy atom. The highest BCUT2D eigenvalue weighted by Crippen LogP contribution is 2.52. The number of carbonyl (C=O) groups excluding carboxylic acids is 3. The Morgan fingerprint density at radius 2 is 0.925 bits per heavy atom. The number of nitrogens with zero attached hydrogens (tertiary/aromatic N) is 4. The van der Waals surface area contributed by atoms with Gasteiger partial charge in [0.2, 0.25) is 0 Å². The number of rotatable bonds is 2. The van der Waals surface area contributed by atoms with Crippen LogP contribution in [0.15, 0.2) is 131 Å². The number of imide groups is 2. The zero-order valence-electron chi connectivity index (χ0n) is 31.9. The Kier molecular flexibility index (Phi) is 7.91. The molecule has 7 nitrogen and oxygen atoms in total. The number of carbonyl (C=O) groups is 3. The van der Waals surface area contributed by atoms with E-state index in [1.807, 2.05) is 0 Å². The zero-order valence-corrected chi connectivity index (χ0v) is 31.9. The maximum absolute atomic E-state index is 14.0. The number of allylic oxidation sites excluding steroid dienone is 9. The molecule has 7 heteroatoms. The molecule has 0 N–H and O–H groups in total. The lowest BCUT2D eigenvalue weighted by Gasteiger charge is -2.33. The fourth-order valence-corrected chi connectivity index (χ4v) is 9.37. The Hall–Kier alpha value is -5.69. The minimum atomic E-state index is -0.626. The smallest absolute Gasteiger partial charge is 0.333 e. The molecule has 8 rings (SSSR count). The van der Waals surface area contributed by atoms with E-state index >= 15 is 0 Å². The first-order chi connectivity index (χ1) is 25.2. The van der Waals surface area contributed by atoms with Gasteiger partial charge in [0.15, 0.2) is 0 Å². The summed E-state index contributed by atoms with van der Waals surface area (Å²) in [5.74, 6) is -1.14. The second kappa shape index (κ2) is 12.2. The number of hydrogen-bond acceptors (Lipinski definition) is 5. The van der Waals surface area contributed by atoms with Crippen molar-refractivity contribution in [1.29, 1.82) is 0 Å². The summed E-state index contributed by atoms with van der Waals surface area (Å²) in [5, 5.41) is 4.89. The maximum Gasteiger partial charge on any atom is 0.333 e. The summed E-state index contributed by atoms with van der Waals surface area (Å²) in [6.07, 6.45) is 10.8. The lowest BCUT2D eigenvalue weighted by atomic mass is 9.78. The number of hydrogen-bond donors (Lipinski definition) is 0. The Balaban J connectivity index is 1.28. The van der Waals surface area contributed by atoms with Gasteiger partial charge >= 0.3 is 6.03 Å². The van der Waals surface area contributed by atoms with E-state index in [0.717, 1.165) is 38.8 Å². The van der Waals surface area contributed by atoms with Crippen molar-refractivity contribution in [2.75, 3.05) is 38.0 Å². The summed E-state index contributed by atoms with van der Waals surface area (Å²) in [7, 11) is 7.11. The van der Waals surface area contributed by atoms with Crippen LogP contribution >= 0.6 is 0 Å². The van der Waals surface area contributed by atoms with Gasteiger partial charge in [0.1, 0.15) is 5.57 Å². The molecule has 268 valence electrons. The van der Waals surface area contributed by atoms with Crippen LogP contribution in [0.1, 0.15) is 58.1 Å². The van der Waals surface area contributed by atoms with Crippen LogP contribution in [0.25, 0.3) is 21.5 Å². The van der Waals surface area contributed by atoms with Crippen LogP contribution in [0.5, 0.6) is 0 Å². The normalized spacial score (nSPS) is 22.8. The largest absolute Gasteiger partial charge is 0.347 e. The second-order valence-corrected chi connectivity index (χ2v) is 15.8. The first-order valence-corrected chi connectivity index (χ1v) is 18.4. The lowest BCUT2D eigenvalue weighted by Crippen LogP contribution is -2.53. The molecule has 0 aromatic heterocycles. The summed E-state index contributed by atoms with van der Waals surface area (Å²) in [6.45, 7) is 9.03. The van der Waals surface area contributed by atoms with Gasteiger partial charge in [-0.05, 0) is 92.9 Å². The van der Waals surface area contributed by atoms with Crippen LogP contribution in [0.3, 0.4) is 0 Å². The van der Waals surface area contributed by atoms with Crippen molar-refractivity contribution in [1.82, 2.24) is 9.80 Å². The van der Waals surface area contributed by atoms with Crippen LogP contribution in [-0.2, 0) is 20.4 Å². The van der Waals surface area contributed by atoms with Crippen molar-refractivity contribution in [3.8, 4) is 0 Å². The molecule has 0 radical (unpaired) electrons. The third kappa shape index (κ3) is 5.04. The van der Waals surface area contributed by atoms with Crippen LogP contribution in [-0.4, -0.2) is 55.8 Å². The number of likely N-dealkylation sites (N-methyl/N-ethyl adjacent to an activating group) is 4. The Morgan fingerprint density at radius 3 is 1.36 bits per heavy atom. The van der Waals surface area contributed by atoms with Crippen molar-refractivity contribution in [3.05, 3.63) is 142 Å². The van der Waals surface area contributed by atoms with Crippen molar-refractivity contribution in [3.63, 3.8) is 0 Å². The number of benzene rings is 4. The standard InChI is InChI=1S/C46H46N4O3/c1-45(2)36(47(5)34-24-20-28-14-9-11-18-32(28)40(34)45)26-22-30-16-13-17-31(38(30)39-42(51)49(7)44(53)50(8)43(39)52)23-27-37-46(3,4)41-33-19-12-10-15-29(33)21-25-35(41)48(37)6/h9-12,14-15,18-27H,13,16-17H2,1-8H3/b30-22+,31-23+,36-26-,37-27+. The number of fused-ring (bicyclic) bond motifs is 6. The SMILES string of the molecule is CN1C(=O)C(=C2/C(=C/C=C3\N(C)c4ccc5ccccc5c4C3(C)C)CCC/C2=C\C=C2\N(C)c3ccc4ccccc4c3C2(C)C)C(=O)N(C)C1=O. The summed E-state index contributed by atoms with van der Waals surface area (Å²) in [6, 6.07) is 25.1. The molecule has 2 fully saturated rings. The van der Waals surface area contributed by atoms with Crippen molar-refractivity contribution >= 4 is 50.8 Å². The molecule has 0 atom stereocenters. The molecule has 4 amide bonds. The van der Waals surface area contributed by atoms with E-state index in [-0.39, 0.29) is 16.4 Å². The molecule has 3 aliphatic heterocycles. The lowest BCUT2D eigenvalue weighted by molar-refractivity contribution is -0.134. The van der Waals surface area contributed by atoms with Crippen LogP contribution < -0.4 is 9.80 Å². The van der Waals surface area contributed by atoms with E-state index in [2.05, 4.69) is 149 Å². The summed E-state index contributed by atoms with van der Waals surface area (Å²) in [5.41, 5.74) is 9.09. The molecule has 4 aliphatic rings. The third-order valence-electron chi connectivity index (χ3n) is 12.1. The molecule has 0 spiro atoms. The fraction of sp³-hybridized carbons (Fsp3) is 0.283. The van der Waals surface area contributed by atoms with Gasteiger partial charge in [-0.15, -0.1) is 0 Å². The van der Waals surface area contributed by atoms with Crippen LogP contribution in [0.2, 0.25) is 0 Å². The Labute approximate surface area is 311 Å². The van der Waals surface area contributed by atoms with Crippen LogP contribution in [0, 0.1) is 0 Å². The topological polar surface area (TPSA) is 64.2 Å². The first-order valence-electron chi connectivity index (χ1n) is 18.4. The maximum atomic E-state index is 14.0. The van der Waals surface area contributed by atoms with Crippen molar-refractivity contribution in [2.45, 2.75) is 57.8 Å². The summed E-state index contributed by atoms with van der Waals surface area (Å²) in [4.78, 5) is 47.4. The minimum Gasteiger partial charge on any atom is -0.347 e. The summed E-state index contributed by atoms with van der Waals surface area (Å²) >= 11 is 0. The van der Waals surface area contributed by atoms with Crippen molar-refractivity contribution < 1.29 is 14.4 Å². The average molecular weight is 703 g/mol. The quantitative estimate of drug-likeness (QED) is 0.154. The number of barbiturate groups is 1. The van der Waals surface area contributed by atoms with Crippen molar-refractivity contribution in [2.24, 2.45) is 0 Å².